The molecule has 0 aliphatic carbocycles. The standard InChI is InChI=1S/2ClH.F3OP/c;;1-5(2,3)4/h2*1H;. The first-order valence-electron chi connectivity index (χ1n) is 0.690. The smallest absolute Gasteiger partial charge is 0.215 e. The molecular formula is H2Cl2F3OP. The molecule has 0 radical (unpaired) electrons. The summed E-state index contributed by atoms with van der Waals surface area (Å²) in [4.78, 5) is 0. The Bertz CT molecular complexity index is 59.1. The van der Waals surface area contributed by atoms with Crippen LogP contribution >= 0.6 is 32.9 Å². The van der Waals surface area contributed by atoms with Crippen LogP contribution in [0.3, 0.4) is 0 Å². The Morgan fingerprint density at radius 1 is 1.00 bits per heavy atom. The fourth-order valence-corrected chi connectivity index (χ4v) is 0. The van der Waals surface area contributed by atoms with E-state index in [9.17, 15) is 12.6 Å². The molecule has 0 aromatic carbocycles. The van der Waals surface area contributed by atoms with Crippen LogP contribution in [0.15, 0.2) is 0 Å². The fourth-order valence-electron chi connectivity index (χ4n) is 0. The number of halogens is 5. The summed E-state index contributed by atoms with van der Waals surface area (Å²) in [6.07, 6.45) is 0. The minimum atomic E-state index is -6.14. The van der Waals surface area contributed by atoms with Gasteiger partial charge in [0.25, 0.3) is 0 Å². The summed E-state index contributed by atoms with van der Waals surface area (Å²) in [7, 11) is -6.14. The molecular weight excluding hydrogens is 175 g/mol. The second-order valence-corrected chi connectivity index (χ2v) is 1.20. The molecule has 0 rings (SSSR count). The Kier molecular flexibility index (Phi) is 10.6. The third-order valence-electron chi connectivity index (χ3n) is 0. The van der Waals surface area contributed by atoms with E-state index in [1.165, 1.54) is 0 Å². The first-order chi connectivity index (χ1) is 2.00. The molecule has 0 aromatic heterocycles. The maximum absolute atomic E-state index is 9.91. The van der Waals surface area contributed by atoms with E-state index in [0.29, 0.717) is 0 Å². The van der Waals surface area contributed by atoms with E-state index in [-0.39, 0.29) is 24.8 Å². The normalized spacial score (nSPS) is 8.43. The van der Waals surface area contributed by atoms with Gasteiger partial charge in [0, 0.05) is 0 Å². The van der Waals surface area contributed by atoms with Crippen LogP contribution in [0.25, 0.3) is 0 Å². The molecule has 0 fully saturated rings. The Labute approximate surface area is 50.8 Å². The van der Waals surface area contributed by atoms with Crippen molar-refractivity contribution < 1.29 is 17.2 Å². The van der Waals surface area contributed by atoms with Crippen molar-refractivity contribution in [1.29, 1.82) is 0 Å². The summed E-state index contributed by atoms with van der Waals surface area (Å²) >= 11 is 0. The first kappa shape index (κ1) is 15.6. The highest BCUT2D eigenvalue weighted by Gasteiger charge is 2.13. The first-order valence-corrected chi connectivity index (χ1v) is 2.07. The van der Waals surface area contributed by atoms with E-state index in [1.807, 2.05) is 0 Å². The number of rotatable bonds is 0. The lowest BCUT2D eigenvalue weighted by Crippen LogP contribution is -1.30. The Hall–Kier alpha value is 0.600. The summed E-state index contributed by atoms with van der Waals surface area (Å²) in [5.41, 5.74) is 0. The summed E-state index contributed by atoms with van der Waals surface area (Å²) in [6, 6.07) is 0. The average molecular weight is 177 g/mol. The molecule has 0 aliphatic rings. The van der Waals surface area contributed by atoms with Crippen LogP contribution in [0.1, 0.15) is 0 Å². The monoisotopic (exact) mass is 176 g/mol. The number of hydrogen-bond acceptors (Lipinski definition) is 1. The second-order valence-electron chi connectivity index (χ2n) is 0.399. The highest BCUT2D eigenvalue weighted by atomic mass is 35.5. The predicted molar refractivity (Wildman–Crippen MR) is 25.4 cm³/mol. The molecule has 7 heavy (non-hydrogen) atoms. The van der Waals surface area contributed by atoms with Gasteiger partial charge in [-0.2, -0.15) is 0 Å². The summed E-state index contributed by atoms with van der Waals surface area (Å²) in [5, 5.41) is 0. The Morgan fingerprint density at radius 2 is 1.00 bits per heavy atom. The van der Waals surface area contributed by atoms with Crippen molar-refractivity contribution in [3.05, 3.63) is 0 Å². The average Bonchev–Trinajstić information content (AvgIpc) is 0.722. The van der Waals surface area contributed by atoms with Gasteiger partial charge in [-0.3, -0.25) is 0 Å². The molecule has 0 amide bonds. The highest BCUT2D eigenvalue weighted by molar-refractivity contribution is 7.47. The van der Waals surface area contributed by atoms with Crippen LogP contribution in [0.2, 0.25) is 0 Å². The summed E-state index contributed by atoms with van der Waals surface area (Å²) in [6.45, 7) is 0. The maximum Gasteiger partial charge on any atom is 0.591 e. The van der Waals surface area contributed by atoms with Gasteiger partial charge in [0.05, 0.1) is 0 Å². The third-order valence-corrected chi connectivity index (χ3v) is 0. The zero-order valence-electron chi connectivity index (χ0n) is 2.81. The molecule has 0 saturated heterocycles. The van der Waals surface area contributed by atoms with Crippen molar-refractivity contribution in [1.82, 2.24) is 0 Å². The third kappa shape index (κ3) is 388. The molecule has 0 unspecified atom stereocenters. The minimum Gasteiger partial charge on any atom is -0.215 e. The van der Waals surface area contributed by atoms with E-state index in [0.717, 1.165) is 0 Å². The van der Waals surface area contributed by atoms with E-state index < -0.39 is 8.07 Å². The van der Waals surface area contributed by atoms with Gasteiger partial charge in [-0.1, -0.05) is 0 Å². The van der Waals surface area contributed by atoms with Crippen molar-refractivity contribution >= 4 is 32.9 Å². The van der Waals surface area contributed by atoms with Crippen molar-refractivity contribution in [2.24, 2.45) is 0 Å². The van der Waals surface area contributed by atoms with Crippen LogP contribution < -0.4 is 0 Å². The van der Waals surface area contributed by atoms with E-state index in [4.69, 9.17) is 4.57 Å². The topological polar surface area (TPSA) is 17.1 Å². The van der Waals surface area contributed by atoms with E-state index in [2.05, 4.69) is 0 Å². The minimum absolute atomic E-state index is 0. The second kappa shape index (κ2) is 4.75. The molecule has 0 spiro atoms. The SMILES string of the molecule is Cl.Cl.O=P(F)(F)F. The Balaban J connectivity index is -0.0000000800. The highest BCUT2D eigenvalue weighted by Crippen LogP contribution is 2.50. The lowest BCUT2D eigenvalue weighted by molar-refractivity contribution is 0.440. The lowest BCUT2D eigenvalue weighted by Gasteiger charge is -1.68. The summed E-state index contributed by atoms with van der Waals surface area (Å²) < 4.78 is 37.9. The zero-order chi connectivity index (χ0) is 4.50. The van der Waals surface area contributed by atoms with Gasteiger partial charge >= 0.3 is 8.07 Å². The zero-order valence-corrected chi connectivity index (χ0v) is 5.33. The molecule has 0 N–H and O–H groups in total. The van der Waals surface area contributed by atoms with Gasteiger partial charge in [0.15, 0.2) is 0 Å². The molecule has 0 atom stereocenters. The van der Waals surface area contributed by atoms with Crippen LogP contribution in [0.4, 0.5) is 12.6 Å². The quantitative estimate of drug-likeness (QED) is 0.519. The summed E-state index contributed by atoms with van der Waals surface area (Å²) in [5.74, 6) is 0. The van der Waals surface area contributed by atoms with Crippen LogP contribution in [0, 0.1) is 0 Å². The van der Waals surface area contributed by atoms with Gasteiger partial charge in [0.1, 0.15) is 0 Å². The van der Waals surface area contributed by atoms with Crippen LogP contribution in [-0.2, 0) is 4.57 Å². The predicted octanol–water partition coefficient (Wildman–Crippen LogP) is 2.85. The Morgan fingerprint density at radius 3 is 1.00 bits per heavy atom. The van der Waals surface area contributed by atoms with Gasteiger partial charge in [0.2, 0.25) is 0 Å². The maximum atomic E-state index is 9.91. The van der Waals surface area contributed by atoms with Crippen molar-refractivity contribution in [2.75, 3.05) is 0 Å². The lowest BCUT2D eigenvalue weighted by atomic mass is 16.0. The molecule has 0 bridgehead atoms. The largest absolute Gasteiger partial charge is 0.591 e. The van der Waals surface area contributed by atoms with Crippen molar-refractivity contribution in [3.8, 4) is 0 Å². The van der Waals surface area contributed by atoms with Gasteiger partial charge in [-0.05, 0) is 0 Å². The fraction of sp³-hybridized carbons (Fsp3) is 0. The van der Waals surface area contributed by atoms with E-state index >= 15 is 0 Å². The van der Waals surface area contributed by atoms with Crippen molar-refractivity contribution in [3.63, 3.8) is 0 Å². The molecule has 0 saturated carbocycles. The molecule has 0 aromatic rings. The van der Waals surface area contributed by atoms with Gasteiger partial charge in [-0.25, -0.2) is 4.57 Å². The van der Waals surface area contributed by atoms with Gasteiger partial charge in [-0.15, -0.1) is 37.4 Å². The van der Waals surface area contributed by atoms with Gasteiger partial charge < -0.3 is 0 Å². The molecule has 0 heterocycles. The van der Waals surface area contributed by atoms with Crippen LogP contribution in [0.5, 0.6) is 0 Å². The molecule has 7 heteroatoms. The molecule has 1 nitrogen and oxygen atoms in total. The molecule has 48 valence electrons. The molecule has 0 aliphatic heterocycles. The van der Waals surface area contributed by atoms with Crippen molar-refractivity contribution in [2.45, 2.75) is 0 Å². The van der Waals surface area contributed by atoms with Crippen LogP contribution in [-0.4, -0.2) is 0 Å². The van der Waals surface area contributed by atoms with E-state index in [1.54, 1.807) is 0 Å². The number of hydrogen-bond donors (Lipinski definition) is 0.